The molecule has 1 N–H and O–H groups in total. The summed E-state index contributed by atoms with van der Waals surface area (Å²) in [6.45, 7) is 11.1. The van der Waals surface area contributed by atoms with Crippen molar-refractivity contribution < 1.29 is 0 Å². The van der Waals surface area contributed by atoms with Crippen LogP contribution in [-0.2, 0) is 6.42 Å². The summed E-state index contributed by atoms with van der Waals surface area (Å²) in [5, 5.41) is 3.81. The third-order valence-corrected chi connectivity index (χ3v) is 5.88. The van der Waals surface area contributed by atoms with Gasteiger partial charge in [0, 0.05) is 25.7 Å². The highest BCUT2D eigenvalue weighted by Gasteiger charge is 2.19. The topological polar surface area (TPSA) is 18.5 Å². The van der Waals surface area contributed by atoms with Gasteiger partial charge in [0.15, 0.2) is 0 Å². The van der Waals surface area contributed by atoms with Crippen molar-refractivity contribution in [2.45, 2.75) is 45.1 Å². The first kappa shape index (κ1) is 17.9. The Morgan fingerprint density at radius 1 is 0.875 bits per heavy atom. The van der Waals surface area contributed by atoms with E-state index in [9.17, 15) is 0 Å². The highest BCUT2D eigenvalue weighted by molar-refractivity contribution is 5.14. The molecule has 0 aliphatic carbocycles. The first-order chi connectivity index (χ1) is 11.8. The Morgan fingerprint density at radius 3 is 2.21 bits per heavy atom. The van der Waals surface area contributed by atoms with Crippen LogP contribution in [0.5, 0.6) is 0 Å². The number of nitrogens with one attached hydrogen (secondary N) is 1. The Balaban J connectivity index is 1.25. The zero-order valence-corrected chi connectivity index (χ0v) is 15.4. The Morgan fingerprint density at radius 2 is 1.50 bits per heavy atom. The van der Waals surface area contributed by atoms with Crippen molar-refractivity contribution in [3.8, 4) is 0 Å². The second kappa shape index (κ2) is 9.55. The Hall–Kier alpha value is -0.900. The predicted octanol–water partition coefficient (Wildman–Crippen LogP) is 3.02. The Kier molecular flexibility index (Phi) is 7.13. The fraction of sp³-hybridized carbons (Fsp3) is 0.714. The third-order valence-electron chi connectivity index (χ3n) is 5.88. The summed E-state index contributed by atoms with van der Waals surface area (Å²) in [5.74, 6) is 0.939. The lowest BCUT2D eigenvalue weighted by Crippen LogP contribution is -2.45. The first-order valence-corrected chi connectivity index (χ1v) is 10.0. The molecule has 1 aromatic rings. The van der Waals surface area contributed by atoms with E-state index in [1.807, 2.05) is 0 Å². The highest BCUT2D eigenvalue weighted by Crippen LogP contribution is 2.15. The molecule has 0 saturated carbocycles. The molecule has 134 valence electrons. The van der Waals surface area contributed by atoms with Gasteiger partial charge in [-0.15, -0.1) is 0 Å². The maximum absolute atomic E-state index is 3.81. The number of piperidine rings is 2. The van der Waals surface area contributed by atoms with Crippen LogP contribution in [0.2, 0.25) is 0 Å². The lowest BCUT2D eigenvalue weighted by molar-refractivity contribution is 0.176. The van der Waals surface area contributed by atoms with Gasteiger partial charge in [-0.1, -0.05) is 37.3 Å². The summed E-state index contributed by atoms with van der Waals surface area (Å²) in [5.41, 5.74) is 1.47. The van der Waals surface area contributed by atoms with Gasteiger partial charge >= 0.3 is 0 Å². The third kappa shape index (κ3) is 5.87. The fourth-order valence-corrected chi connectivity index (χ4v) is 4.01. The van der Waals surface area contributed by atoms with Gasteiger partial charge in [-0.25, -0.2) is 0 Å². The molecular formula is C21H35N3. The van der Waals surface area contributed by atoms with Crippen LogP contribution in [0.25, 0.3) is 0 Å². The van der Waals surface area contributed by atoms with Gasteiger partial charge in [-0.2, -0.15) is 0 Å². The van der Waals surface area contributed by atoms with Crippen LogP contribution >= 0.6 is 0 Å². The van der Waals surface area contributed by atoms with Crippen molar-refractivity contribution in [2.75, 3.05) is 45.8 Å². The van der Waals surface area contributed by atoms with Crippen LogP contribution in [0.1, 0.15) is 38.2 Å². The number of hydrogen-bond donors (Lipinski definition) is 1. The van der Waals surface area contributed by atoms with Crippen molar-refractivity contribution >= 4 is 0 Å². The molecule has 0 radical (unpaired) electrons. The molecule has 0 unspecified atom stereocenters. The SMILES string of the molecule is CC1CCN(CCNC2CCN(CCc3ccccc3)CC2)CC1. The lowest BCUT2D eigenvalue weighted by Gasteiger charge is -2.34. The second-order valence-corrected chi connectivity index (χ2v) is 7.83. The zero-order chi connectivity index (χ0) is 16.6. The van der Waals surface area contributed by atoms with Gasteiger partial charge < -0.3 is 15.1 Å². The van der Waals surface area contributed by atoms with E-state index in [1.54, 1.807) is 0 Å². The molecule has 0 amide bonds. The minimum Gasteiger partial charge on any atom is -0.313 e. The van der Waals surface area contributed by atoms with Crippen LogP contribution in [-0.4, -0.2) is 61.7 Å². The monoisotopic (exact) mass is 329 g/mol. The minimum absolute atomic E-state index is 0.738. The largest absolute Gasteiger partial charge is 0.313 e. The first-order valence-electron chi connectivity index (χ1n) is 10.0. The van der Waals surface area contributed by atoms with Gasteiger partial charge in [0.2, 0.25) is 0 Å². The average Bonchev–Trinajstić information content (AvgIpc) is 2.64. The normalized spacial score (nSPS) is 22.0. The molecule has 3 nitrogen and oxygen atoms in total. The number of nitrogens with zero attached hydrogens (tertiary/aromatic N) is 2. The van der Waals surface area contributed by atoms with Crippen LogP contribution < -0.4 is 5.32 Å². The highest BCUT2D eigenvalue weighted by atomic mass is 15.2. The number of rotatable bonds is 7. The molecule has 1 aromatic carbocycles. The number of likely N-dealkylation sites (tertiary alicyclic amines) is 2. The van der Waals surface area contributed by atoms with E-state index in [2.05, 4.69) is 52.4 Å². The molecule has 0 aromatic heterocycles. The van der Waals surface area contributed by atoms with E-state index >= 15 is 0 Å². The summed E-state index contributed by atoms with van der Waals surface area (Å²) in [7, 11) is 0. The molecule has 3 heteroatoms. The smallest absolute Gasteiger partial charge is 0.0107 e. The molecule has 0 spiro atoms. The van der Waals surface area contributed by atoms with Crippen LogP contribution in [0.3, 0.4) is 0 Å². The van der Waals surface area contributed by atoms with Crippen molar-refractivity contribution in [1.82, 2.24) is 15.1 Å². The number of hydrogen-bond acceptors (Lipinski definition) is 3. The molecular weight excluding hydrogens is 294 g/mol. The van der Waals surface area contributed by atoms with E-state index in [4.69, 9.17) is 0 Å². The summed E-state index contributed by atoms with van der Waals surface area (Å²) in [6, 6.07) is 11.6. The molecule has 0 bridgehead atoms. The summed E-state index contributed by atoms with van der Waals surface area (Å²) >= 11 is 0. The predicted molar refractivity (Wildman–Crippen MR) is 102 cm³/mol. The van der Waals surface area contributed by atoms with E-state index in [0.717, 1.165) is 12.0 Å². The van der Waals surface area contributed by atoms with E-state index < -0.39 is 0 Å². The molecule has 3 rings (SSSR count). The van der Waals surface area contributed by atoms with Gasteiger partial charge in [0.05, 0.1) is 0 Å². The average molecular weight is 330 g/mol. The second-order valence-electron chi connectivity index (χ2n) is 7.83. The van der Waals surface area contributed by atoms with Crippen LogP contribution in [0.15, 0.2) is 30.3 Å². The molecule has 0 atom stereocenters. The Labute approximate surface area is 148 Å². The van der Waals surface area contributed by atoms with E-state index in [-0.39, 0.29) is 0 Å². The van der Waals surface area contributed by atoms with Crippen molar-refractivity contribution in [3.05, 3.63) is 35.9 Å². The van der Waals surface area contributed by atoms with Crippen molar-refractivity contribution in [3.63, 3.8) is 0 Å². The maximum atomic E-state index is 3.81. The fourth-order valence-electron chi connectivity index (χ4n) is 4.01. The quantitative estimate of drug-likeness (QED) is 0.829. The van der Waals surface area contributed by atoms with Gasteiger partial charge in [0.1, 0.15) is 0 Å². The van der Waals surface area contributed by atoms with Crippen LogP contribution in [0, 0.1) is 5.92 Å². The summed E-state index contributed by atoms with van der Waals surface area (Å²) in [6.07, 6.45) is 6.59. The van der Waals surface area contributed by atoms with E-state index in [0.29, 0.717) is 0 Å². The van der Waals surface area contributed by atoms with Gasteiger partial charge in [-0.3, -0.25) is 0 Å². The van der Waals surface area contributed by atoms with Gasteiger partial charge in [0.25, 0.3) is 0 Å². The molecule has 2 fully saturated rings. The van der Waals surface area contributed by atoms with Gasteiger partial charge in [-0.05, 0) is 69.8 Å². The van der Waals surface area contributed by atoms with E-state index in [1.165, 1.54) is 83.5 Å². The molecule has 2 saturated heterocycles. The minimum atomic E-state index is 0.738. The number of benzene rings is 1. The molecule has 2 aliphatic rings. The molecule has 24 heavy (non-hydrogen) atoms. The molecule has 2 aliphatic heterocycles. The molecule has 2 heterocycles. The lowest BCUT2D eigenvalue weighted by atomic mass is 9.99. The Bertz CT molecular complexity index is 445. The summed E-state index contributed by atoms with van der Waals surface area (Å²) in [4.78, 5) is 5.28. The zero-order valence-electron chi connectivity index (χ0n) is 15.4. The summed E-state index contributed by atoms with van der Waals surface area (Å²) < 4.78 is 0. The standard InChI is InChI=1S/C21H35N3/c1-19-7-13-24(14-8-19)18-12-22-21-10-16-23(17-11-21)15-9-20-5-3-2-4-6-20/h2-6,19,21-22H,7-18H2,1H3. The maximum Gasteiger partial charge on any atom is 0.0107 e. The van der Waals surface area contributed by atoms with Crippen molar-refractivity contribution in [2.24, 2.45) is 5.92 Å². The van der Waals surface area contributed by atoms with Crippen LogP contribution in [0.4, 0.5) is 0 Å². The van der Waals surface area contributed by atoms with Crippen molar-refractivity contribution in [1.29, 1.82) is 0 Å².